The van der Waals surface area contributed by atoms with Crippen molar-refractivity contribution in [3.05, 3.63) is 108 Å². The highest BCUT2D eigenvalue weighted by atomic mass is 28.4. The van der Waals surface area contributed by atoms with Gasteiger partial charge in [0.2, 0.25) is 0 Å². The van der Waals surface area contributed by atoms with Crippen LogP contribution in [0.3, 0.4) is 0 Å². The largest absolute Gasteiger partial charge is 0.497 e. The first-order chi connectivity index (χ1) is 20.5. The third-order valence-electron chi connectivity index (χ3n) is 8.26. The Hall–Kier alpha value is -2.94. The predicted molar refractivity (Wildman–Crippen MR) is 176 cm³/mol. The lowest BCUT2D eigenvalue weighted by molar-refractivity contribution is -0.165. The Kier molecular flexibility index (Phi) is 13.0. The highest BCUT2D eigenvalue weighted by Crippen LogP contribution is 2.37. The van der Waals surface area contributed by atoms with Gasteiger partial charge in [-0.05, 0) is 65.5 Å². The fraction of sp³-hybridized carbons (Fsp3) is 0.444. The zero-order valence-electron chi connectivity index (χ0n) is 27.1. The van der Waals surface area contributed by atoms with Crippen LogP contribution in [0.25, 0.3) is 0 Å². The Bertz CT molecular complexity index is 1220. The minimum absolute atomic E-state index is 0.104. The van der Waals surface area contributed by atoms with Gasteiger partial charge in [0.05, 0.1) is 46.8 Å². The van der Waals surface area contributed by atoms with Gasteiger partial charge in [0.15, 0.2) is 8.32 Å². The van der Waals surface area contributed by atoms with Crippen LogP contribution in [0, 0.1) is 0 Å². The van der Waals surface area contributed by atoms with Crippen LogP contribution < -0.4 is 9.47 Å². The molecule has 7 heteroatoms. The van der Waals surface area contributed by atoms with E-state index < -0.39 is 13.9 Å². The van der Waals surface area contributed by atoms with Crippen molar-refractivity contribution in [2.75, 3.05) is 27.4 Å². The van der Waals surface area contributed by atoms with E-state index in [9.17, 15) is 0 Å². The fourth-order valence-corrected chi connectivity index (χ4v) is 5.41. The van der Waals surface area contributed by atoms with Gasteiger partial charge in [-0.1, -0.05) is 81.4 Å². The molecule has 43 heavy (non-hydrogen) atoms. The van der Waals surface area contributed by atoms with E-state index in [0.717, 1.165) is 28.2 Å². The highest BCUT2D eigenvalue weighted by Gasteiger charge is 2.41. The lowest BCUT2D eigenvalue weighted by Gasteiger charge is -2.40. The molecule has 0 spiro atoms. The smallest absolute Gasteiger partial charge is 0.191 e. The Labute approximate surface area is 260 Å². The standard InChI is InChI=1S/C36H50O6Si/c1-9-36(41-27-29-13-11-10-12-14-29,28-39-25-30-15-19-32(37-5)20-16-30)34(23-24-42-43(7,8)35(2,3)4)40-26-31-17-21-33(38-6)22-18-31/h9-22,34H,1,23-28H2,2-8H3/t34-,36+/m1/s1. The molecule has 6 nitrogen and oxygen atoms in total. The van der Waals surface area contributed by atoms with E-state index in [0.29, 0.717) is 32.8 Å². The summed E-state index contributed by atoms with van der Waals surface area (Å²) in [5.74, 6) is 1.62. The zero-order chi connectivity index (χ0) is 31.3. The van der Waals surface area contributed by atoms with Crippen LogP contribution in [-0.2, 0) is 38.5 Å². The van der Waals surface area contributed by atoms with E-state index in [2.05, 4.69) is 52.6 Å². The second kappa shape index (κ2) is 16.2. The van der Waals surface area contributed by atoms with Crippen LogP contribution in [0.2, 0.25) is 18.1 Å². The molecule has 0 aromatic heterocycles. The monoisotopic (exact) mass is 606 g/mol. The van der Waals surface area contributed by atoms with Gasteiger partial charge in [0.1, 0.15) is 17.1 Å². The number of hydrogen-bond donors (Lipinski definition) is 0. The molecule has 3 aromatic rings. The molecule has 0 unspecified atom stereocenters. The molecule has 0 fully saturated rings. The highest BCUT2D eigenvalue weighted by molar-refractivity contribution is 6.74. The minimum Gasteiger partial charge on any atom is -0.497 e. The van der Waals surface area contributed by atoms with Crippen LogP contribution in [0.4, 0.5) is 0 Å². The molecule has 0 N–H and O–H groups in total. The second-order valence-electron chi connectivity index (χ2n) is 12.3. The van der Waals surface area contributed by atoms with Crippen molar-refractivity contribution < 1.29 is 28.1 Å². The quantitative estimate of drug-likeness (QED) is 0.107. The second-order valence-corrected chi connectivity index (χ2v) is 17.1. The summed E-state index contributed by atoms with van der Waals surface area (Å²) in [6, 6.07) is 25.9. The molecule has 0 aliphatic rings. The molecule has 0 saturated heterocycles. The number of rotatable bonds is 18. The Morgan fingerprint density at radius 1 is 0.744 bits per heavy atom. The molecular weight excluding hydrogens is 556 g/mol. The van der Waals surface area contributed by atoms with E-state index in [1.54, 1.807) is 14.2 Å². The summed E-state index contributed by atoms with van der Waals surface area (Å²) in [5.41, 5.74) is 2.22. The molecule has 234 valence electrons. The maximum atomic E-state index is 6.72. The average molecular weight is 607 g/mol. The molecule has 0 saturated carbocycles. The first-order valence-electron chi connectivity index (χ1n) is 14.9. The maximum absolute atomic E-state index is 6.72. The Morgan fingerprint density at radius 3 is 1.79 bits per heavy atom. The molecule has 0 radical (unpaired) electrons. The fourth-order valence-electron chi connectivity index (χ4n) is 4.34. The van der Waals surface area contributed by atoms with Crippen LogP contribution in [0.5, 0.6) is 11.5 Å². The summed E-state index contributed by atoms with van der Waals surface area (Å²) in [6.45, 7) is 17.6. The molecule has 3 rings (SSSR count). The molecule has 0 amide bonds. The molecule has 0 aliphatic carbocycles. The molecule has 3 aromatic carbocycles. The van der Waals surface area contributed by atoms with Gasteiger partial charge in [0.25, 0.3) is 0 Å². The molecule has 0 bridgehead atoms. The number of hydrogen-bond acceptors (Lipinski definition) is 6. The van der Waals surface area contributed by atoms with Gasteiger partial charge in [0, 0.05) is 6.61 Å². The molecule has 2 atom stereocenters. The zero-order valence-corrected chi connectivity index (χ0v) is 28.1. The number of methoxy groups -OCH3 is 2. The van der Waals surface area contributed by atoms with Gasteiger partial charge >= 0.3 is 0 Å². The van der Waals surface area contributed by atoms with Crippen molar-refractivity contribution >= 4 is 8.32 Å². The number of ether oxygens (including phenoxy) is 5. The van der Waals surface area contributed by atoms with Crippen LogP contribution in [0.1, 0.15) is 43.9 Å². The Balaban J connectivity index is 1.86. The van der Waals surface area contributed by atoms with Crippen LogP contribution in [-0.4, -0.2) is 47.5 Å². The van der Waals surface area contributed by atoms with Gasteiger partial charge in [-0.3, -0.25) is 0 Å². The minimum atomic E-state index is -1.96. The van der Waals surface area contributed by atoms with Gasteiger partial charge < -0.3 is 28.1 Å². The van der Waals surface area contributed by atoms with Crippen molar-refractivity contribution in [3.8, 4) is 11.5 Å². The lowest BCUT2D eigenvalue weighted by atomic mass is 9.94. The maximum Gasteiger partial charge on any atom is 0.191 e. The molecule has 0 aliphatic heterocycles. The topological polar surface area (TPSA) is 55.4 Å². The van der Waals surface area contributed by atoms with Crippen LogP contribution >= 0.6 is 0 Å². The van der Waals surface area contributed by atoms with E-state index >= 15 is 0 Å². The summed E-state index contributed by atoms with van der Waals surface area (Å²) in [6.07, 6.45) is 2.08. The van der Waals surface area contributed by atoms with E-state index in [4.69, 9.17) is 28.1 Å². The van der Waals surface area contributed by atoms with E-state index in [1.807, 2.05) is 72.8 Å². The summed E-state index contributed by atoms with van der Waals surface area (Å²) in [4.78, 5) is 0. The Morgan fingerprint density at radius 2 is 1.28 bits per heavy atom. The van der Waals surface area contributed by atoms with Gasteiger partial charge in [-0.2, -0.15) is 0 Å². The summed E-state index contributed by atoms with van der Waals surface area (Å²) in [5, 5.41) is 0.104. The van der Waals surface area contributed by atoms with Crippen molar-refractivity contribution in [3.63, 3.8) is 0 Å². The van der Waals surface area contributed by atoms with Crippen molar-refractivity contribution in [1.29, 1.82) is 0 Å². The van der Waals surface area contributed by atoms with E-state index in [1.165, 1.54) is 0 Å². The van der Waals surface area contributed by atoms with Crippen molar-refractivity contribution in [2.24, 2.45) is 0 Å². The third-order valence-corrected chi connectivity index (χ3v) is 12.8. The third kappa shape index (κ3) is 10.3. The van der Waals surface area contributed by atoms with Crippen molar-refractivity contribution in [1.82, 2.24) is 0 Å². The van der Waals surface area contributed by atoms with E-state index in [-0.39, 0.29) is 17.7 Å². The average Bonchev–Trinajstić information content (AvgIpc) is 3.01. The predicted octanol–water partition coefficient (Wildman–Crippen LogP) is 8.36. The van der Waals surface area contributed by atoms with Crippen molar-refractivity contribution in [2.45, 2.75) is 76.8 Å². The summed E-state index contributed by atoms with van der Waals surface area (Å²) >= 11 is 0. The number of benzene rings is 3. The summed E-state index contributed by atoms with van der Waals surface area (Å²) in [7, 11) is 1.36. The SMILES string of the molecule is C=C[C@@](COCc1ccc(OC)cc1)(OCc1ccccc1)[C@@H](CCO[Si](C)(C)C(C)(C)C)OCc1ccc(OC)cc1. The van der Waals surface area contributed by atoms with Gasteiger partial charge in [-0.25, -0.2) is 0 Å². The van der Waals surface area contributed by atoms with Crippen LogP contribution in [0.15, 0.2) is 91.5 Å². The normalized spacial score (nSPS) is 14.1. The van der Waals surface area contributed by atoms with Gasteiger partial charge in [-0.15, -0.1) is 6.58 Å². The molecule has 0 heterocycles. The first kappa shape index (κ1) is 34.5. The first-order valence-corrected chi connectivity index (χ1v) is 17.8. The summed E-state index contributed by atoms with van der Waals surface area (Å²) < 4.78 is 37.0. The molecular formula is C36H50O6Si. The lowest BCUT2D eigenvalue weighted by Crippen LogP contribution is -2.50.